The molecular weight excluding hydrogens is 224 g/mol. The standard InChI is InChI=1S/C12H17ClN2O/c1-12(2,3)14-8-11(16)15-10-6-4-5-9(13)7-10/h4-7,14H,8H2,1-3H3,(H,15,16). The Morgan fingerprint density at radius 1 is 1.38 bits per heavy atom. The lowest BCUT2D eigenvalue weighted by Gasteiger charge is -2.20. The van der Waals surface area contributed by atoms with Gasteiger partial charge in [-0.1, -0.05) is 17.7 Å². The molecule has 0 aliphatic carbocycles. The minimum atomic E-state index is -0.0720. The molecule has 3 nitrogen and oxygen atoms in total. The Balaban J connectivity index is 2.46. The van der Waals surface area contributed by atoms with Gasteiger partial charge >= 0.3 is 0 Å². The summed E-state index contributed by atoms with van der Waals surface area (Å²) < 4.78 is 0. The summed E-state index contributed by atoms with van der Waals surface area (Å²) in [4.78, 5) is 11.6. The molecule has 1 aromatic rings. The van der Waals surface area contributed by atoms with Gasteiger partial charge < -0.3 is 10.6 Å². The molecule has 0 aromatic heterocycles. The Kier molecular flexibility index (Phi) is 4.33. The molecule has 0 heterocycles. The van der Waals surface area contributed by atoms with E-state index in [1.165, 1.54) is 0 Å². The van der Waals surface area contributed by atoms with Crippen LogP contribution in [0.3, 0.4) is 0 Å². The Morgan fingerprint density at radius 2 is 2.06 bits per heavy atom. The number of amides is 1. The summed E-state index contributed by atoms with van der Waals surface area (Å²) in [6.07, 6.45) is 0. The SMILES string of the molecule is CC(C)(C)NCC(=O)Nc1cccc(Cl)c1. The van der Waals surface area contributed by atoms with Crippen LogP contribution >= 0.6 is 11.6 Å². The molecule has 0 unspecified atom stereocenters. The van der Waals surface area contributed by atoms with Gasteiger partial charge in [0.2, 0.25) is 5.91 Å². The molecule has 0 aliphatic heterocycles. The van der Waals surface area contributed by atoms with Crippen LogP contribution in [-0.2, 0) is 4.79 Å². The van der Waals surface area contributed by atoms with Crippen LogP contribution < -0.4 is 10.6 Å². The van der Waals surface area contributed by atoms with Crippen molar-refractivity contribution in [2.75, 3.05) is 11.9 Å². The largest absolute Gasteiger partial charge is 0.325 e. The number of hydrogen-bond acceptors (Lipinski definition) is 2. The maximum Gasteiger partial charge on any atom is 0.238 e. The molecule has 1 amide bonds. The highest BCUT2D eigenvalue weighted by Crippen LogP contribution is 2.14. The Bertz CT molecular complexity index is 372. The Morgan fingerprint density at radius 3 is 2.62 bits per heavy atom. The smallest absolute Gasteiger partial charge is 0.238 e. The number of benzene rings is 1. The van der Waals surface area contributed by atoms with Gasteiger partial charge in [-0.25, -0.2) is 0 Å². The van der Waals surface area contributed by atoms with Crippen molar-refractivity contribution in [1.82, 2.24) is 5.32 Å². The van der Waals surface area contributed by atoms with E-state index in [9.17, 15) is 4.79 Å². The minimum Gasteiger partial charge on any atom is -0.325 e. The number of carbonyl (C=O) groups is 1. The molecule has 1 aromatic carbocycles. The second-order valence-electron chi connectivity index (χ2n) is 4.66. The molecule has 0 atom stereocenters. The predicted octanol–water partition coefficient (Wildman–Crippen LogP) is 2.67. The van der Waals surface area contributed by atoms with E-state index in [2.05, 4.69) is 10.6 Å². The third-order valence-electron chi connectivity index (χ3n) is 1.89. The van der Waals surface area contributed by atoms with Gasteiger partial charge in [0.05, 0.1) is 6.54 Å². The molecule has 88 valence electrons. The topological polar surface area (TPSA) is 41.1 Å². The average Bonchev–Trinajstić information content (AvgIpc) is 2.14. The van der Waals surface area contributed by atoms with E-state index < -0.39 is 0 Å². The van der Waals surface area contributed by atoms with E-state index in [0.717, 1.165) is 0 Å². The maximum atomic E-state index is 11.6. The van der Waals surface area contributed by atoms with Gasteiger partial charge in [0.15, 0.2) is 0 Å². The van der Waals surface area contributed by atoms with Gasteiger partial charge in [0, 0.05) is 16.2 Å². The van der Waals surface area contributed by atoms with E-state index in [4.69, 9.17) is 11.6 Å². The van der Waals surface area contributed by atoms with Gasteiger partial charge in [-0.2, -0.15) is 0 Å². The van der Waals surface area contributed by atoms with E-state index in [1.54, 1.807) is 24.3 Å². The maximum absolute atomic E-state index is 11.6. The molecule has 0 spiro atoms. The van der Waals surface area contributed by atoms with Crippen LogP contribution in [0.4, 0.5) is 5.69 Å². The fraction of sp³-hybridized carbons (Fsp3) is 0.417. The normalized spacial score (nSPS) is 11.2. The average molecular weight is 241 g/mol. The summed E-state index contributed by atoms with van der Waals surface area (Å²) in [5.74, 6) is -0.0720. The van der Waals surface area contributed by atoms with Crippen LogP contribution in [0.1, 0.15) is 20.8 Å². The summed E-state index contributed by atoms with van der Waals surface area (Å²) in [6, 6.07) is 7.09. The number of nitrogens with one attached hydrogen (secondary N) is 2. The number of carbonyl (C=O) groups excluding carboxylic acids is 1. The molecular formula is C12H17ClN2O. The molecule has 0 fully saturated rings. The first kappa shape index (κ1) is 13.0. The lowest BCUT2D eigenvalue weighted by Crippen LogP contribution is -2.41. The summed E-state index contributed by atoms with van der Waals surface area (Å²) in [5, 5.41) is 6.49. The van der Waals surface area contributed by atoms with Gasteiger partial charge in [-0.05, 0) is 39.0 Å². The lowest BCUT2D eigenvalue weighted by molar-refractivity contribution is -0.115. The molecule has 0 aliphatic rings. The number of hydrogen-bond donors (Lipinski definition) is 2. The zero-order valence-corrected chi connectivity index (χ0v) is 10.6. The quantitative estimate of drug-likeness (QED) is 0.853. The molecule has 16 heavy (non-hydrogen) atoms. The first-order chi connectivity index (χ1) is 7.37. The van der Waals surface area contributed by atoms with Crippen molar-refractivity contribution in [3.63, 3.8) is 0 Å². The fourth-order valence-corrected chi connectivity index (χ4v) is 1.31. The van der Waals surface area contributed by atoms with Crippen molar-refractivity contribution in [2.45, 2.75) is 26.3 Å². The molecule has 1 rings (SSSR count). The Hall–Kier alpha value is -1.06. The predicted molar refractivity (Wildman–Crippen MR) is 67.8 cm³/mol. The van der Waals surface area contributed by atoms with Gasteiger partial charge in [-0.3, -0.25) is 4.79 Å². The van der Waals surface area contributed by atoms with Crippen LogP contribution in [0.2, 0.25) is 5.02 Å². The van der Waals surface area contributed by atoms with Crippen LogP contribution in [0.5, 0.6) is 0 Å². The molecule has 0 saturated heterocycles. The van der Waals surface area contributed by atoms with Gasteiger partial charge in [-0.15, -0.1) is 0 Å². The third kappa shape index (κ3) is 5.14. The molecule has 0 bridgehead atoms. The van der Waals surface area contributed by atoms with Gasteiger partial charge in [0.25, 0.3) is 0 Å². The van der Waals surface area contributed by atoms with Crippen molar-refractivity contribution >= 4 is 23.2 Å². The second kappa shape index (κ2) is 5.32. The first-order valence-electron chi connectivity index (χ1n) is 5.17. The van der Waals surface area contributed by atoms with Crippen molar-refractivity contribution in [3.05, 3.63) is 29.3 Å². The molecule has 0 saturated carbocycles. The summed E-state index contributed by atoms with van der Waals surface area (Å²) >= 11 is 5.81. The van der Waals surface area contributed by atoms with Crippen LogP contribution in [-0.4, -0.2) is 18.0 Å². The minimum absolute atomic E-state index is 0.0638. The number of rotatable bonds is 3. The van der Waals surface area contributed by atoms with Crippen LogP contribution in [0.25, 0.3) is 0 Å². The number of anilines is 1. The third-order valence-corrected chi connectivity index (χ3v) is 2.12. The fourth-order valence-electron chi connectivity index (χ4n) is 1.12. The second-order valence-corrected chi connectivity index (χ2v) is 5.10. The monoisotopic (exact) mass is 240 g/mol. The zero-order valence-electron chi connectivity index (χ0n) is 9.80. The highest BCUT2D eigenvalue weighted by atomic mass is 35.5. The van der Waals surface area contributed by atoms with Crippen molar-refractivity contribution in [1.29, 1.82) is 0 Å². The van der Waals surface area contributed by atoms with E-state index in [1.807, 2.05) is 20.8 Å². The van der Waals surface area contributed by atoms with Crippen molar-refractivity contribution < 1.29 is 4.79 Å². The van der Waals surface area contributed by atoms with Crippen molar-refractivity contribution in [3.8, 4) is 0 Å². The molecule has 0 radical (unpaired) electrons. The van der Waals surface area contributed by atoms with Crippen molar-refractivity contribution in [2.24, 2.45) is 0 Å². The van der Waals surface area contributed by atoms with E-state index in [0.29, 0.717) is 10.7 Å². The Labute approximate surface area is 101 Å². The highest BCUT2D eigenvalue weighted by molar-refractivity contribution is 6.30. The summed E-state index contributed by atoms with van der Waals surface area (Å²) in [6.45, 7) is 6.33. The lowest BCUT2D eigenvalue weighted by atomic mass is 10.1. The molecule has 4 heteroatoms. The van der Waals surface area contributed by atoms with E-state index in [-0.39, 0.29) is 18.0 Å². The first-order valence-corrected chi connectivity index (χ1v) is 5.55. The highest BCUT2D eigenvalue weighted by Gasteiger charge is 2.11. The van der Waals surface area contributed by atoms with Gasteiger partial charge in [0.1, 0.15) is 0 Å². The summed E-state index contributed by atoms with van der Waals surface area (Å²) in [5.41, 5.74) is 0.652. The zero-order chi connectivity index (χ0) is 12.2. The van der Waals surface area contributed by atoms with Crippen LogP contribution in [0.15, 0.2) is 24.3 Å². The number of halogens is 1. The summed E-state index contributed by atoms with van der Waals surface area (Å²) in [7, 11) is 0. The van der Waals surface area contributed by atoms with E-state index >= 15 is 0 Å². The van der Waals surface area contributed by atoms with Crippen LogP contribution in [0, 0.1) is 0 Å². The molecule has 2 N–H and O–H groups in total.